The lowest BCUT2D eigenvalue weighted by Gasteiger charge is -2.35. The smallest absolute Gasteiger partial charge is 0.161 e. The molecule has 1 aliphatic rings. The Balaban J connectivity index is 1.78. The molecular formula is C24H29N3O2. The van der Waals surface area contributed by atoms with Gasteiger partial charge in [0.1, 0.15) is 0 Å². The number of benzene rings is 2. The predicted octanol–water partition coefficient (Wildman–Crippen LogP) is 4.03. The van der Waals surface area contributed by atoms with Crippen molar-refractivity contribution in [2.45, 2.75) is 19.9 Å². The molecule has 0 amide bonds. The van der Waals surface area contributed by atoms with Gasteiger partial charge in [0.2, 0.25) is 0 Å². The highest BCUT2D eigenvalue weighted by molar-refractivity contribution is 5.79. The van der Waals surface area contributed by atoms with Gasteiger partial charge in [-0.05, 0) is 49.2 Å². The Labute approximate surface area is 172 Å². The molecule has 0 radical (unpaired) electrons. The third-order valence-electron chi connectivity index (χ3n) is 5.33. The van der Waals surface area contributed by atoms with Gasteiger partial charge in [0.25, 0.3) is 0 Å². The molecule has 0 saturated carbocycles. The van der Waals surface area contributed by atoms with Crippen molar-refractivity contribution in [1.29, 1.82) is 0 Å². The Morgan fingerprint density at radius 3 is 2.48 bits per heavy atom. The summed E-state index contributed by atoms with van der Waals surface area (Å²) in [5, 5.41) is 4.63. The zero-order valence-electron chi connectivity index (χ0n) is 17.2. The minimum atomic E-state index is 0.129. The molecule has 5 nitrogen and oxygen atoms in total. The summed E-state index contributed by atoms with van der Waals surface area (Å²) in [6, 6.07) is 17.0. The second-order valence-corrected chi connectivity index (χ2v) is 7.22. The molecule has 1 fully saturated rings. The van der Waals surface area contributed by atoms with Gasteiger partial charge in [0.05, 0.1) is 24.8 Å². The van der Waals surface area contributed by atoms with E-state index in [0.717, 1.165) is 43.2 Å². The zero-order chi connectivity index (χ0) is 20.1. The van der Waals surface area contributed by atoms with E-state index >= 15 is 0 Å². The summed E-state index contributed by atoms with van der Waals surface area (Å²) in [7, 11) is 0. The second kappa shape index (κ2) is 9.25. The van der Waals surface area contributed by atoms with Crippen LogP contribution in [0, 0.1) is 0 Å². The van der Waals surface area contributed by atoms with E-state index in [9.17, 15) is 0 Å². The van der Waals surface area contributed by atoms with Gasteiger partial charge in [-0.2, -0.15) is 0 Å². The standard InChI is InChI=1S/C24H29N3O2/c1-3-28-22-10-9-19(16-23(22)29-4-2)24(27-13-11-25-12-14-27)20-15-18-7-5-6-8-21(18)26-17-20/h5-10,15-17,24-25H,3-4,11-14H2,1-2H3. The van der Waals surface area contributed by atoms with Crippen LogP contribution in [0.4, 0.5) is 0 Å². The highest BCUT2D eigenvalue weighted by Crippen LogP contribution is 2.36. The predicted molar refractivity (Wildman–Crippen MR) is 117 cm³/mol. The number of ether oxygens (including phenoxy) is 2. The molecule has 4 rings (SSSR count). The Bertz CT molecular complexity index is 954. The number of rotatable bonds is 7. The molecule has 2 heterocycles. The van der Waals surface area contributed by atoms with Crippen molar-refractivity contribution in [3.8, 4) is 11.5 Å². The molecule has 0 spiro atoms. The second-order valence-electron chi connectivity index (χ2n) is 7.22. The van der Waals surface area contributed by atoms with Crippen LogP contribution in [-0.2, 0) is 0 Å². The molecule has 1 N–H and O–H groups in total. The summed E-state index contributed by atoms with van der Waals surface area (Å²) < 4.78 is 11.7. The number of hydrogen-bond acceptors (Lipinski definition) is 5. The van der Waals surface area contributed by atoms with E-state index in [4.69, 9.17) is 14.5 Å². The molecule has 2 aromatic carbocycles. The van der Waals surface area contributed by atoms with Gasteiger partial charge >= 0.3 is 0 Å². The first-order chi connectivity index (χ1) is 14.3. The molecule has 29 heavy (non-hydrogen) atoms. The first-order valence-electron chi connectivity index (χ1n) is 10.5. The van der Waals surface area contributed by atoms with Gasteiger partial charge in [-0.25, -0.2) is 0 Å². The van der Waals surface area contributed by atoms with Crippen molar-refractivity contribution < 1.29 is 9.47 Å². The number of pyridine rings is 1. The lowest BCUT2D eigenvalue weighted by molar-refractivity contribution is 0.197. The molecule has 1 aliphatic heterocycles. The topological polar surface area (TPSA) is 46.6 Å². The van der Waals surface area contributed by atoms with Crippen LogP contribution in [0.15, 0.2) is 54.7 Å². The van der Waals surface area contributed by atoms with Crippen LogP contribution in [0.25, 0.3) is 10.9 Å². The summed E-state index contributed by atoms with van der Waals surface area (Å²) in [6.45, 7) is 9.20. The molecule has 1 unspecified atom stereocenters. The third-order valence-corrected chi connectivity index (χ3v) is 5.33. The van der Waals surface area contributed by atoms with Gasteiger partial charge in [0, 0.05) is 37.8 Å². The SMILES string of the molecule is CCOc1ccc(C(c2cnc3ccccc3c2)N2CCNCC2)cc1OCC. The van der Waals surface area contributed by atoms with E-state index in [-0.39, 0.29) is 6.04 Å². The fourth-order valence-electron chi connectivity index (χ4n) is 4.03. The first-order valence-corrected chi connectivity index (χ1v) is 10.5. The molecule has 0 aliphatic carbocycles. The summed E-state index contributed by atoms with van der Waals surface area (Å²) in [5.74, 6) is 1.61. The average molecular weight is 392 g/mol. The van der Waals surface area contributed by atoms with Crippen molar-refractivity contribution in [3.63, 3.8) is 0 Å². The fraction of sp³-hybridized carbons (Fsp3) is 0.375. The van der Waals surface area contributed by atoms with E-state index in [0.29, 0.717) is 13.2 Å². The van der Waals surface area contributed by atoms with Crippen LogP contribution < -0.4 is 14.8 Å². The van der Waals surface area contributed by atoms with Crippen LogP contribution in [0.5, 0.6) is 11.5 Å². The summed E-state index contributed by atoms with van der Waals surface area (Å²) in [5.41, 5.74) is 3.44. The van der Waals surface area contributed by atoms with Crippen LogP contribution in [-0.4, -0.2) is 49.3 Å². The Hall–Kier alpha value is -2.63. The lowest BCUT2D eigenvalue weighted by Crippen LogP contribution is -2.45. The molecule has 1 atom stereocenters. The normalized spacial score (nSPS) is 15.9. The van der Waals surface area contributed by atoms with Crippen molar-refractivity contribution >= 4 is 10.9 Å². The van der Waals surface area contributed by atoms with E-state index in [1.54, 1.807) is 0 Å². The molecule has 1 aromatic heterocycles. The monoisotopic (exact) mass is 391 g/mol. The van der Waals surface area contributed by atoms with Crippen molar-refractivity contribution in [1.82, 2.24) is 15.2 Å². The van der Waals surface area contributed by atoms with Gasteiger partial charge in [-0.3, -0.25) is 9.88 Å². The van der Waals surface area contributed by atoms with Gasteiger partial charge in [-0.1, -0.05) is 24.3 Å². The number of nitrogens with zero attached hydrogens (tertiary/aromatic N) is 2. The lowest BCUT2D eigenvalue weighted by atomic mass is 9.96. The largest absolute Gasteiger partial charge is 0.490 e. The van der Waals surface area contributed by atoms with Crippen molar-refractivity contribution in [2.24, 2.45) is 0 Å². The Kier molecular flexibility index (Phi) is 6.27. The highest BCUT2D eigenvalue weighted by Gasteiger charge is 2.25. The Morgan fingerprint density at radius 2 is 1.69 bits per heavy atom. The van der Waals surface area contributed by atoms with Gasteiger partial charge in [0.15, 0.2) is 11.5 Å². The van der Waals surface area contributed by atoms with Gasteiger partial charge < -0.3 is 14.8 Å². The summed E-state index contributed by atoms with van der Waals surface area (Å²) in [4.78, 5) is 7.25. The molecule has 1 saturated heterocycles. The minimum absolute atomic E-state index is 0.129. The van der Waals surface area contributed by atoms with Crippen molar-refractivity contribution in [2.75, 3.05) is 39.4 Å². The third kappa shape index (κ3) is 4.36. The minimum Gasteiger partial charge on any atom is -0.490 e. The van der Waals surface area contributed by atoms with E-state index in [2.05, 4.69) is 46.6 Å². The summed E-state index contributed by atoms with van der Waals surface area (Å²) in [6.07, 6.45) is 2.02. The fourth-order valence-corrected chi connectivity index (χ4v) is 4.03. The number of hydrogen-bond donors (Lipinski definition) is 1. The van der Waals surface area contributed by atoms with E-state index in [1.165, 1.54) is 16.5 Å². The number of piperazine rings is 1. The molecule has 3 aromatic rings. The maximum atomic E-state index is 5.90. The number of nitrogens with one attached hydrogen (secondary N) is 1. The van der Waals surface area contributed by atoms with Crippen LogP contribution in [0.2, 0.25) is 0 Å². The van der Waals surface area contributed by atoms with Crippen LogP contribution in [0.3, 0.4) is 0 Å². The van der Waals surface area contributed by atoms with Crippen LogP contribution >= 0.6 is 0 Å². The summed E-state index contributed by atoms with van der Waals surface area (Å²) >= 11 is 0. The highest BCUT2D eigenvalue weighted by atomic mass is 16.5. The first kappa shape index (κ1) is 19.7. The number of para-hydroxylation sites is 1. The maximum Gasteiger partial charge on any atom is 0.161 e. The Morgan fingerprint density at radius 1 is 0.931 bits per heavy atom. The quantitative estimate of drug-likeness (QED) is 0.659. The molecule has 152 valence electrons. The molecule has 0 bridgehead atoms. The van der Waals surface area contributed by atoms with Gasteiger partial charge in [-0.15, -0.1) is 0 Å². The van der Waals surface area contributed by atoms with Crippen molar-refractivity contribution in [3.05, 3.63) is 65.9 Å². The molecule has 5 heteroatoms. The van der Waals surface area contributed by atoms with E-state index < -0.39 is 0 Å². The average Bonchev–Trinajstić information content (AvgIpc) is 2.77. The zero-order valence-corrected chi connectivity index (χ0v) is 17.2. The maximum absolute atomic E-state index is 5.90. The van der Waals surface area contributed by atoms with Crippen LogP contribution in [0.1, 0.15) is 31.0 Å². The number of fused-ring (bicyclic) bond motifs is 1. The number of aromatic nitrogens is 1. The van der Waals surface area contributed by atoms with E-state index in [1.807, 2.05) is 32.2 Å². The molecular weight excluding hydrogens is 362 g/mol.